The minimum atomic E-state index is 0.0335. The Balaban J connectivity index is 1.48. The van der Waals surface area contributed by atoms with Crippen molar-refractivity contribution in [2.75, 3.05) is 11.5 Å². The number of ketones is 1. The van der Waals surface area contributed by atoms with Gasteiger partial charge in [0.25, 0.3) is 0 Å². The summed E-state index contributed by atoms with van der Waals surface area (Å²) < 4.78 is 0.425. The fourth-order valence-corrected chi connectivity index (χ4v) is 10.3. The second-order valence-corrected chi connectivity index (χ2v) is 12.5. The van der Waals surface area contributed by atoms with Crippen LogP contribution in [-0.2, 0) is 4.79 Å². The van der Waals surface area contributed by atoms with Crippen LogP contribution in [0, 0.1) is 28.6 Å². The average molecular weight is 363 g/mol. The summed E-state index contributed by atoms with van der Waals surface area (Å²) >= 11 is 4.41. The molecule has 3 unspecified atom stereocenters. The van der Waals surface area contributed by atoms with Crippen molar-refractivity contribution in [3.05, 3.63) is 11.6 Å². The van der Waals surface area contributed by atoms with Crippen molar-refractivity contribution in [2.24, 2.45) is 28.6 Å². The molecular weight excluding hydrogens is 332 g/mol. The highest BCUT2D eigenvalue weighted by Crippen LogP contribution is 2.67. The van der Waals surface area contributed by atoms with E-state index in [9.17, 15) is 4.79 Å². The Morgan fingerprint density at radius 3 is 2.46 bits per heavy atom. The van der Waals surface area contributed by atoms with Crippen LogP contribution in [0.1, 0.15) is 65.2 Å². The van der Waals surface area contributed by atoms with Gasteiger partial charge in [-0.2, -0.15) is 0 Å². The van der Waals surface area contributed by atoms with Crippen molar-refractivity contribution in [3.63, 3.8) is 0 Å². The van der Waals surface area contributed by atoms with Crippen molar-refractivity contribution in [1.29, 1.82) is 0 Å². The molecule has 132 valence electrons. The second-order valence-electron chi connectivity index (χ2n) is 9.43. The summed E-state index contributed by atoms with van der Waals surface area (Å²) in [6, 6.07) is 0. The Kier molecular flexibility index (Phi) is 3.61. The number of hydrogen-bond donors (Lipinski definition) is 0. The molecule has 4 fully saturated rings. The lowest BCUT2D eigenvalue weighted by molar-refractivity contribution is -0.132. The van der Waals surface area contributed by atoms with Crippen LogP contribution < -0.4 is 0 Å². The Morgan fingerprint density at radius 2 is 1.67 bits per heavy atom. The first-order chi connectivity index (χ1) is 11.5. The third kappa shape index (κ3) is 2.06. The standard InChI is InChI=1S/C21H30OS2/c1-19-9-10-21(23-11-12-24-21)13-14(19)3-4-15-16-5-6-18(22)20(16,2)8-7-17(15)19/h13,15-17H,3-12H2,1-2H3/t15?,16?,17?,19-,20-/m0/s1. The molecule has 3 heteroatoms. The molecule has 0 bridgehead atoms. The number of hydrogen-bond acceptors (Lipinski definition) is 3. The van der Waals surface area contributed by atoms with E-state index in [1.54, 1.807) is 5.57 Å². The van der Waals surface area contributed by atoms with Crippen LogP contribution in [0.15, 0.2) is 11.6 Å². The van der Waals surface area contributed by atoms with Gasteiger partial charge in [-0.1, -0.05) is 25.5 Å². The number of allylic oxidation sites excluding steroid dienone is 1. The molecular formula is C21H30OS2. The maximum Gasteiger partial charge on any atom is 0.139 e. The molecule has 1 spiro atoms. The first kappa shape index (κ1) is 16.3. The summed E-state index contributed by atoms with van der Waals surface area (Å²) in [5, 5.41) is 0. The van der Waals surface area contributed by atoms with E-state index < -0.39 is 0 Å². The maximum absolute atomic E-state index is 12.5. The van der Waals surface area contributed by atoms with Gasteiger partial charge in [-0.05, 0) is 68.1 Å². The largest absolute Gasteiger partial charge is 0.299 e. The average Bonchev–Trinajstić information content (AvgIpc) is 3.14. The van der Waals surface area contributed by atoms with Gasteiger partial charge in [0.2, 0.25) is 0 Å². The summed E-state index contributed by atoms with van der Waals surface area (Å²) in [6.07, 6.45) is 12.6. The second kappa shape index (κ2) is 5.31. The minimum Gasteiger partial charge on any atom is -0.299 e. The lowest BCUT2D eigenvalue weighted by atomic mass is 9.47. The molecule has 5 atom stereocenters. The highest BCUT2D eigenvalue weighted by atomic mass is 32.2. The van der Waals surface area contributed by atoms with Crippen molar-refractivity contribution >= 4 is 29.3 Å². The molecule has 1 nitrogen and oxygen atoms in total. The van der Waals surface area contributed by atoms with Gasteiger partial charge in [0.05, 0.1) is 4.08 Å². The number of carbonyl (C=O) groups excluding carboxylic acids is 1. The molecule has 0 N–H and O–H groups in total. The first-order valence-electron chi connectivity index (χ1n) is 10.0. The van der Waals surface area contributed by atoms with E-state index in [0.29, 0.717) is 21.2 Å². The summed E-state index contributed by atoms with van der Waals surface area (Å²) in [6.45, 7) is 4.89. The SMILES string of the molecule is C[C@]12CCC3(C=C1CCC1C2CC[C@]2(C)C(=O)CCC12)SCCS3. The van der Waals surface area contributed by atoms with Gasteiger partial charge in [0.15, 0.2) is 0 Å². The molecule has 0 radical (unpaired) electrons. The summed E-state index contributed by atoms with van der Waals surface area (Å²) in [5.74, 6) is 5.59. The Bertz CT molecular complexity index is 605. The summed E-state index contributed by atoms with van der Waals surface area (Å²) in [5.41, 5.74) is 2.27. The van der Waals surface area contributed by atoms with Crippen molar-refractivity contribution < 1.29 is 4.79 Å². The molecule has 0 aromatic carbocycles. The number of fused-ring (bicyclic) bond motifs is 5. The van der Waals surface area contributed by atoms with E-state index in [0.717, 1.165) is 24.7 Å². The zero-order chi connectivity index (χ0) is 16.6. The Morgan fingerprint density at radius 1 is 0.917 bits per heavy atom. The maximum atomic E-state index is 12.5. The smallest absolute Gasteiger partial charge is 0.139 e. The molecule has 5 rings (SSSR count). The lowest BCUT2D eigenvalue weighted by Crippen LogP contribution is -2.51. The highest BCUT2D eigenvalue weighted by Gasteiger charge is 2.59. The molecule has 4 aliphatic carbocycles. The van der Waals surface area contributed by atoms with E-state index in [2.05, 4.69) is 43.4 Å². The molecule has 0 amide bonds. The van der Waals surface area contributed by atoms with E-state index in [1.165, 1.54) is 50.0 Å². The van der Waals surface area contributed by atoms with Crippen LogP contribution in [0.5, 0.6) is 0 Å². The van der Waals surface area contributed by atoms with E-state index >= 15 is 0 Å². The van der Waals surface area contributed by atoms with Gasteiger partial charge in [0.1, 0.15) is 5.78 Å². The fraction of sp³-hybridized carbons (Fsp3) is 0.857. The Labute approximate surface area is 155 Å². The predicted molar refractivity (Wildman–Crippen MR) is 104 cm³/mol. The minimum absolute atomic E-state index is 0.0335. The van der Waals surface area contributed by atoms with Gasteiger partial charge in [0, 0.05) is 23.3 Å². The fourth-order valence-electron chi connectivity index (χ4n) is 7.15. The van der Waals surface area contributed by atoms with Crippen LogP contribution >= 0.6 is 23.5 Å². The van der Waals surface area contributed by atoms with Gasteiger partial charge < -0.3 is 0 Å². The van der Waals surface area contributed by atoms with Crippen LogP contribution in [-0.4, -0.2) is 21.4 Å². The van der Waals surface area contributed by atoms with Crippen LogP contribution in [0.4, 0.5) is 0 Å². The molecule has 0 aromatic heterocycles. The zero-order valence-electron chi connectivity index (χ0n) is 15.1. The van der Waals surface area contributed by atoms with Gasteiger partial charge in [-0.3, -0.25) is 4.79 Å². The third-order valence-electron chi connectivity index (χ3n) is 8.61. The normalized spacial score (nSPS) is 49.5. The molecule has 0 aromatic rings. The highest BCUT2D eigenvalue weighted by molar-refractivity contribution is 8.21. The van der Waals surface area contributed by atoms with Crippen molar-refractivity contribution in [1.82, 2.24) is 0 Å². The topological polar surface area (TPSA) is 17.1 Å². The molecule has 1 saturated heterocycles. The third-order valence-corrected chi connectivity index (χ3v) is 12.0. The monoisotopic (exact) mass is 362 g/mol. The zero-order valence-corrected chi connectivity index (χ0v) is 16.7. The number of thioether (sulfide) groups is 2. The quantitative estimate of drug-likeness (QED) is 0.515. The van der Waals surface area contributed by atoms with Crippen LogP contribution in [0.25, 0.3) is 0 Å². The molecule has 1 aliphatic heterocycles. The van der Waals surface area contributed by atoms with Crippen molar-refractivity contribution in [3.8, 4) is 0 Å². The molecule has 24 heavy (non-hydrogen) atoms. The first-order valence-corrected chi connectivity index (χ1v) is 12.0. The lowest BCUT2D eigenvalue weighted by Gasteiger charge is -2.58. The number of Topliss-reactive ketones (excluding diaryl/α,β-unsaturated/α-hetero) is 1. The Hall–Kier alpha value is 0.110. The molecule has 3 saturated carbocycles. The van der Waals surface area contributed by atoms with Crippen molar-refractivity contribution in [2.45, 2.75) is 69.3 Å². The number of carbonyl (C=O) groups is 1. The van der Waals surface area contributed by atoms with Gasteiger partial charge in [-0.15, -0.1) is 23.5 Å². The van der Waals surface area contributed by atoms with E-state index in [4.69, 9.17) is 0 Å². The van der Waals surface area contributed by atoms with Gasteiger partial charge in [-0.25, -0.2) is 0 Å². The summed E-state index contributed by atoms with van der Waals surface area (Å²) in [4.78, 5) is 12.5. The summed E-state index contributed by atoms with van der Waals surface area (Å²) in [7, 11) is 0. The van der Waals surface area contributed by atoms with Gasteiger partial charge >= 0.3 is 0 Å². The predicted octanol–water partition coefficient (Wildman–Crippen LogP) is 5.69. The molecule has 5 aliphatic rings. The molecule has 1 heterocycles. The van der Waals surface area contributed by atoms with Crippen LogP contribution in [0.3, 0.4) is 0 Å². The van der Waals surface area contributed by atoms with E-state index in [1.807, 2.05) is 0 Å². The van der Waals surface area contributed by atoms with Crippen LogP contribution in [0.2, 0.25) is 0 Å². The number of rotatable bonds is 0. The van der Waals surface area contributed by atoms with E-state index in [-0.39, 0.29) is 5.41 Å².